The summed E-state index contributed by atoms with van der Waals surface area (Å²) >= 11 is 5.70. The summed E-state index contributed by atoms with van der Waals surface area (Å²) in [6.07, 6.45) is 2.77. The smallest absolute Gasteiger partial charge is 0.147 e. The molecule has 0 unspecified atom stereocenters. The van der Waals surface area contributed by atoms with Crippen molar-refractivity contribution in [1.29, 1.82) is 0 Å². The van der Waals surface area contributed by atoms with Crippen LogP contribution in [-0.2, 0) is 13.1 Å². The molecule has 2 rings (SSSR count). The highest BCUT2D eigenvalue weighted by Crippen LogP contribution is 2.19. The van der Waals surface area contributed by atoms with Crippen LogP contribution in [0.3, 0.4) is 0 Å². The highest BCUT2D eigenvalue weighted by atomic mass is 35.5. The van der Waals surface area contributed by atoms with Crippen LogP contribution in [-0.4, -0.2) is 9.78 Å². The van der Waals surface area contributed by atoms with E-state index in [-0.39, 0.29) is 5.82 Å². The number of nitrogens with zero attached hydrogens (tertiary/aromatic N) is 2. The third-order valence-electron chi connectivity index (χ3n) is 2.63. The van der Waals surface area contributed by atoms with Crippen molar-refractivity contribution in [2.24, 2.45) is 0 Å². The Hall–Kier alpha value is -1.55. The summed E-state index contributed by atoms with van der Waals surface area (Å²) in [4.78, 5) is 0. The third-order valence-corrected chi connectivity index (χ3v) is 2.87. The normalized spacial score (nSPS) is 10.6. The molecule has 0 spiro atoms. The van der Waals surface area contributed by atoms with E-state index < -0.39 is 0 Å². The quantitative estimate of drug-likeness (QED) is 0.895. The van der Waals surface area contributed by atoms with Crippen LogP contribution in [0.2, 0.25) is 5.02 Å². The van der Waals surface area contributed by atoms with E-state index >= 15 is 0 Å². The summed E-state index contributed by atoms with van der Waals surface area (Å²) in [6.45, 7) is 3.50. The van der Waals surface area contributed by atoms with Gasteiger partial charge in [-0.2, -0.15) is 5.10 Å². The third kappa shape index (κ3) is 3.01. The van der Waals surface area contributed by atoms with Crippen LogP contribution >= 0.6 is 11.6 Å². The monoisotopic (exact) mass is 267 g/mol. The Labute approximate surface area is 111 Å². The van der Waals surface area contributed by atoms with Crippen LogP contribution in [0.25, 0.3) is 0 Å². The molecule has 0 radical (unpaired) electrons. The molecule has 1 aromatic carbocycles. The molecule has 0 aliphatic carbocycles. The number of aryl methyl sites for hydroxylation is 1. The van der Waals surface area contributed by atoms with Gasteiger partial charge < -0.3 is 5.32 Å². The Kier molecular flexibility index (Phi) is 4.20. The van der Waals surface area contributed by atoms with Gasteiger partial charge in [0.2, 0.25) is 0 Å². The van der Waals surface area contributed by atoms with Crippen molar-refractivity contribution < 1.29 is 4.39 Å². The number of anilines is 1. The van der Waals surface area contributed by atoms with Crippen molar-refractivity contribution in [3.63, 3.8) is 0 Å². The van der Waals surface area contributed by atoms with Gasteiger partial charge in [0.25, 0.3) is 0 Å². The zero-order valence-electron chi connectivity index (χ0n) is 10.2. The minimum absolute atomic E-state index is 0.343. The molecule has 2 aromatic rings. The van der Waals surface area contributed by atoms with E-state index in [0.717, 1.165) is 18.7 Å². The molecular formula is C13H15ClFN3. The molecule has 5 heteroatoms. The van der Waals surface area contributed by atoms with Gasteiger partial charge in [0.15, 0.2) is 0 Å². The lowest BCUT2D eigenvalue weighted by atomic mass is 10.3. The van der Waals surface area contributed by atoms with Crippen LogP contribution in [0.5, 0.6) is 0 Å². The Morgan fingerprint density at radius 1 is 1.39 bits per heavy atom. The van der Waals surface area contributed by atoms with Crippen molar-refractivity contribution in [2.45, 2.75) is 26.4 Å². The summed E-state index contributed by atoms with van der Waals surface area (Å²) < 4.78 is 15.5. The lowest BCUT2D eigenvalue weighted by Gasteiger charge is -2.09. The van der Waals surface area contributed by atoms with Gasteiger partial charge in [-0.1, -0.05) is 18.5 Å². The molecule has 0 saturated carbocycles. The number of aromatic nitrogens is 2. The fourth-order valence-corrected chi connectivity index (χ4v) is 1.90. The highest BCUT2D eigenvalue weighted by molar-refractivity contribution is 6.30. The van der Waals surface area contributed by atoms with E-state index in [4.69, 9.17) is 11.6 Å². The van der Waals surface area contributed by atoms with Crippen LogP contribution in [0.1, 0.15) is 19.0 Å². The lowest BCUT2D eigenvalue weighted by Crippen LogP contribution is -2.09. The fraction of sp³-hybridized carbons (Fsp3) is 0.308. The molecule has 0 bridgehead atoms. The van der Waals surface area contributed by atoms with Gasteiger partial charge in [-0.05, 0) is 30.7 Å². The standard InChI is InChI=1S/C13H15ClFN3/c1-2-7-18-11(5-6-17-18)9-16-13-4-3-10(14)8-12(13)15/h3-6,8,16H,2,7,9H2,1H3. The predicted molar refractivity (Wildman–Crippen MR) is 71.3 cm³/mol. The molecule has 0 saturated heterocycles. The summed E-state index contributed by atoms with van der Waals surface area (Å²) in [7, 11) is 0. The molecular weight excluding hydrogens is 253 g/mol. The minimum atomic E-state index is -0.343. The van der Waals surface area contributed by atoms with Gasteiger partial charge in [0, 0.05) is 17.8 Å². The molecule has 0 amide bonds. The number of rotatable bonds is 5. The molecule has 0 fully saturated rings. The molecule has 0 aliphatic rings. The maximum atomic E-state index is 13.6. The second kappa shape index (κ2) is 5.87. The van der Waals surface area contributed by atoms with Gasteiger partial charge in [0.05, 0.1) is 17.9 Å². The molecule has 1 aromatic heterocycles. The van der Waals surface area contributed by atoms with Gasteiger partial charge in [-0.3, -0.25) is 4.68 Å². The van der Waals surface area contributed by atoms with Crippen LogP contribution in [0.4, 0.5) is 10.1 Å². The van der Waals surface area contributed by atoms with Crippen molar-refractivity contribution in [1.82, 2.24) is 9.78 Å². The first-order chi connectivity index (χ1) is 8.70. The summed E-state index contributed by atoms with van der Waals surface area (Å²) in [6, 6.07) is 6.53. The molecule has 3 nitrogen and oxygen atoms in total. The first-order valence-electron chi connectivity index (χ1n) is 5.90. The summed E-state index contributed by atoms with van der Waals surface area (Å²) in [5, 5.41) is 7.66. The van der Waals surface area contributed by atoms with E-state index in [2.05, 4.69) is 17.3 Å². The molecule has 1 N–H and O–H groups in total. The number of hydrogen-bond donors (Lipinski definition) is 1. The Bertz CT molecular complexity index is 525. The average Bonchev–Trinajstić information content (AvgIpc) is 2.76. The van der Waals surface area contributed by atoms with Gasteiger partial charge in [-0.15, -0.1) is 0 Å². The van der Waals surface area contributed by atoms with Gasteiger partial charge in [0.1, 0.15) is 5.82 Å². The van der Waals surface area contributed by atoms with E-state index in [9.17, 15) is 4.39 Å². The van der Waals surface area contributed by atoms with Crippen LogP contribution < -0.4 is 5.32 Å². The Morgan fingerprint density at radius 3 is 2.94 bits per heavy atom. The maximum absolute atomic E-state index is 13.6. The van der Waals surface area contributed by atoms with Crippen molar-refractivity contribution in [3.05, 3.63) is 47.0 Å². The Balaban J connectivity index is 2.04. The highest BCUT2D eigenvalue weighted by Gasteiger charge is 2.05. The van der Waals surface area contributed by atoms with E-state index in [1.807, 2.05) is 10.7 Å². The largest absolute Gasteiger partial charge is 0.377 e. The van der Waals surface area contributed by atoms with Gasteiger partial charge >= 0.3 is 0 Å². The number of hydrogen-bond acceptors (Lipinski definition) is 2. The van der Waals surface area contributed by atoms with E-state index in [1.165, 1.54) is 6.07 Å². The molecule has 0 atom stereocenters. The topological polar surface area (TPSA) is 29.9 Å². The first kappa shape index (κ1) is 12.9. The van der Waals surface area contributed by atoms with Crippen molar-refractivity contribution >= 4 is 17.3 Å². The summed E-state index contributed by atoms with van der Waals surface area (Å²) in [5.41, 5.74) is 1.48. The second-order valence-electron chi connectivity index (χ2n) is 4.02. The fourth-order valence-electron chi connectivity index (χ4n) is 1.74. The molecule has 1 heterocycles. The minimum Gasteiger partial charge on any atom is -0.377 e. The van der Waals surface area contributed by atoms with Crippen molar-refractivity contribution in [3.8, 4) is 0 Å². The molecule has 18 heavy (non-hydrogen) atoms. The number of halogens is 2. The number of nitrogens with one attached hydrogen (secondary N) is 1. The summed E-state index contributed by atoms with van der Waals surface area (Å²) in [5.74, 6) is -0.343. The molecule has 96 valence electrons. The van der Waals surface area contributed by atoms with Gasteiger partial charge in [-0.25, -0.2) is 4.39 Å². The average molecular weight is 268 g/mol. The lowest BCUT2D eigenvalue weighted by molar-refractivity contribution is 0.577. The SMILES string of the molecule is CCCn1nccc1CNc1ccc(Cl)cc1F. The van der Waals surface area contributed by atoms with Crippen molar-refractivity contribution in [2.75, 3.05) is 5.32 Å². The molecule has 0 aliphatic heterocycles. The maximum Gasteiger partial charge on any atom is 0.147 e. The second-order valence-corrected chi connectivity index (χ2v) is 4.46. The van der Waals surface area contributed by atoms with Crippen LogP contribution in [0, 0.1) is 5.82 Å². The first-order valence-corrected chi connectivity index (χ1v) is 6.28. The van der Waals surface area contributed by atoms with E-state index in [1.54, 1.807) is 18.3 Å². The van der Waals surface area contributed by atoms with Crippen LogP contribution in [0.15, 0.2) is 30.5 Å². The number of benzene rings is 1. The Morgan fingerprint density at radius 2 is 2.22 bits per heavy atom. The zero-order chi connectivity index (χ0) is 13.0. The van der Waals surface area contributed by atoms with E-state index in [0.29, 0.717) is 17.3 Å². The zero-order valence-corrected chi connectivity index (χ0v) is 10.9. The predicted octanol–water partition coefficient (Wildman–Crippen LogP) is 3.70.